The van der Waals surface area contributed by atoms with Gasteiger partial charge in [-0.3, -0.25) is 9.69 Å². The minimum absolute atomic E-state index is 0.0363. The smallest absolute Gasteiger partial charge is 0.415 e. The molecule has 216 valence electrons. The monoisotopic (exact) mass is 582 g/mol. The topological polar surface area (TPSA) is 49.9 Å². The van der Waals surface area contributed by atoms with Gasteiger partial charge in [-0.05, 0) is 48.0 Å². The molecule has 0 aliphatic carbocycles. The fraction of sp³-hybridized carbons (Fsp3) is 0.375. The Balaban J connectivity index is 1.26. The summed E-state index contributed by atoms with van der Waals surface area (Å²) < 4.78 is 35.2. The number of hydrogen-bond acceptors (Lipinski definition) is 3. The summed E-state index contributed by atoms with van der Waals surface area (Å²) in [4.78, 5) is 29.0. The lowest BCUT2D eigenvalue weighted by molar-refractivity contribution is -0.946. The lowest BCUT2D eigenvalue weighted by Crippen LogP contribution is -2.65. The van der Waals surface area contributed by atoms with Crippen LogP contribution in [0.25, 0.3) is 0 Å². The van der Waals surface area contributed by atoms with Crippen LogP contribution in [0.4, 0.5) is 25.0 Å². The third kappa shape index (κ3) is 6.88. The highest BCUT2D eigenvalue weighted by atomic mass is 35.5. The largest absolute Gasteiger partial charge is 0.440 e. The van der Waals surface area contributed by atoms with E-state index in [9.17, 15) is 18.4 Å². The van der Waals surface area contributed by atoms with Gasteiger partial charge in [0.15, 0.2) is 6.10 Å². The number of amides is 2. The maximum atomic E-state index is 14.8. The molecule has 41 heavy (non-hydrogen) atoms. The molecule has 0 saturated carbocycles. The zero-order valence-corrected chi connectivity index (χ0v) is 23.9. The van der Waals surface area contributed by atoms with Crippen molar-refractivity contribution in [3.63, 3.8) is 0 Å². The molecule has 3 aromatic carbocycles. The fourth-order valence-corrected chi connectivity index (χ4v) is 6.41. The molecule has 6 rings (SSSR count). The Bertz CT molecular complexity index is 1380. The van der Waals surface area contributed by atoms with E-state index in [2.05, 4.69) is 0 Å². The molecule has 2 amide bonds. The first-order chi connectivity index (χ1) is 19.7. The number of nitrogens with zero attached hydrogens (tertiary/aromatic N) is 3. The van der Waals surface area contributed by atoms with Gasteiger partial charge in [0.1, 0.15) is 18.2 Å². The number of benzene rings is 3. The molecule has 9 heteroatoms. The number of quaternary nitrogens is 1. The minimum atomic E-state index is -0.611. The SMILES string of the molecule is CC(=O)N(CCC[N+]12CCC(CC1)C(OC(=O)N(Cc1ccc(F)cc1)c1ccccc1F)C2)c1cccc(Cl)c1. The fourth-order valence-electron chi connectivity index (χ4n) is 6.23. The quantitative estimate of drug-likeness (QED) is 0.260. The van der Waals surface area contributed by atoms with Crippen LogP contribution in [0.2, 0.25) is 5.02 Å². The summed E-state index contributed by atoms with van der Waals surface area (Å²) in [5.41, 5.74) is 1.57. The van der Waals surface area contributed by atoms with Crippen LogP contribution in [0.5, 0.6) is 0 Å². The molecular weight excluding hydrogens is 548 g/mol. The third-order valence-corrected chi connectivity index (χ3v) is 8.66. The number of carbonyl (C=O) groups is 2. The Labute approximate surface area is 244 Å². The van der Waals surface area contributed by atoms with Crippen molar-refractivity contribution in [2.24, 2.45) is 5.92 Å². The zero-order valence-electron chi connectivity index (χ0n) is 23.1. The summed E-state index contributed by atoms with van der Waals surface area (Å²) in [5, 5.41) is 0.585. The summed E-state index contributed by atoms with van der Waals surface area (Å²) in [6.45, 7) is 5.74. The predicted molar refractivity (Wildman–Crippen MR) is 156 cm³/mol. The minimum Gasteiger partial charge on any atom is -0.440 e. The average Bonchev–Trinajstić information content (AvgIpc) is 2.96. The summed E-state index contributed by atoms with van der Waals surface area (Å²) in [7, 11) is 0. The van der Waals surface area contributed by atoms with E-state index in [1.807, 2.05) is 12.1 Å². The van der Waals surface area contributed by atoms with Gasteiger partial charge in [-0.25, -0.2) is 13.6 Å². The van der Waals surface area contributed by atoms with E-state index in [1.165, 1.54) is 23.1 Å². The number of ether oxygens (including phenoxy) is 1. The molecule has 0 spiro atoms. The van der Waals surface area contributed by atoms with E-state index < -0.39 is 11.9 Å². The van der Waals surface area contributed by atoms with Gasteiger partial charge in [-0.1, -0.05) is 41.9 Å². The number of piperidine rings is 3. The van der Waals surface area contributed by atoms with Crippen LogP contribution in [-0.4, -0.2) is 55.3 Å². The molecule has 3 heterocycles. The first-order valence-corrected chi connectivity index (χ1v) is 14.5. The Morgan fingerprint density at radius 2 is 1.71 bits per heavy atom. The van der Waals surface area contributed by atoms with Gasteiger partial charge in [0, 0.05) is 49.4 Å². The van der Waals surface area contributed by atoms with Crippen LogP contribution >= 0.6 is 11.6 Å². The second-order valence-electron chi connectivity index (χ2n) is 11.1. The molecule has 0 N–H and O–H groups in total. The van der Waals surface area contributed by atoms with Crippen molar-refractivity contribution in [1.82, 2.24) is 0 Å². The van der Waals surface area contributed by atoms with Crippen LogP contribution in [0, 0.1) is 17.6 Å². The Morgan fingerprint density at radius 1 is 0.976 bits per heavy atom. The molecule has 3 aromatic rings. The van der Waals surface area contributed by atoms with Gasteiger partial charge in [-0.2, -0.15) is 0 Å². The maximum Gasteiger partial charge on any atom is 0.415 e. The Morgan fingerprint density at radius 3 is 2.39 bits per heavy atom. The summed E-state index contributed by atoms with van der Waals surface area (Å²) in [5.74, 6) is -0.689. The van der Waals surface area contributed by atoms with Crippen molar-refractivity contribution < 1.29 is 27.6 Å². The zero-order chi connectivity index (χ0) is 29.0. The summed E-state index contributed by atoms with van der Waals surface area (Å²) in [6, 6.07) is 19.2. The standard InChI is InChI=1S/C32H35ClF2N3O3/c1-23(39)36(28-7-4-6-26(33)20-28)16-5-17-38-18-14-25(15-19-38)31(22-38)41-32(40)37(30-9-3-2-8-29(30)35)21-24-10-12-27(34)13-11-24/h2-4,6-13,20,25,31H,5,14-19,21-22H2,1H3/q+1. The van der Waals surface area contributed by atoms with Crippen LogP contribution in [0.15, 0.2) is 72.8 Å². The van der Waals surface area contributed by atoms with Crippen molar-refractivity contribution in [2.45, 2.75) is 38.8 Å². The molecule has 0 aromatic heterocycles. The van der Waals surface area contributed by atoms with E-state index >= 15 is 0 Å². The number of carbonyl (C=O) groups excluding carboxylic acids is 2. The second-order valence-corrected chi connectivity index (χ2v) is 11.6. The van der Waals surface area contributed by atoms with E-state index in [4.69, 9.17) is 16.3 Å². The van der Waals surface area contributed by atoms with Crippen molar-refractivity contribution in [3.8, 4) is 0 Å². The summed E-state index contributed by atoms with van der Waals surface area (Å²) >= 11 is 6.16. The Kier molecular flexibility index (Phi) is 8.90. The highest BCUT2D eigenvalue weighted by Gasteiger charge is 2.47. The average molecular weight is 583 g/mol. The molecule has 6 nitrogen and oxygen atoms in total. The van der Waals surface area contributed by atoms with E-state index in [-0.39, 0.29) is 36.0 Å². The first kappa shape index (κ1) is 29.0. The van der Waals surface area contributed by atoms with Crippen molar-refractivity contribution in [2.75, 3.05) is 42.5 Å². The lowest BCUT2D eigenvalue weighted by Gasteiger charge is -2.52. The molecule has 3 saturated heterocycles. The molecular formula is C32H35ClF2N3O3+. The van der Waals surface area contributed by atoms with Crippen molar-refractivity contribution in [1.29, 1.82) is 0 Å². The molecule has 1 atom stereocenters. The van der Waals surface area contributed by atoms with Gasteiger partial charge in [0.05, 0.1) is 31.9 Å². The summed E-state index contributed by atoms with van der Waals surface area (Å²) in [6.07, 6.45) is 1.79. The first-order valence-electron chi connectivity index (χ1n) is 14.1. The molecule has 3 aliphatic rings. The third-order valence-electron chi connectivity index (χ3n) is 8.43. The second kappa shape index (κ2) is 12.6. The molecule has 3 fully saturated rings. The normalized spacial score (nSPS) is 21.4. The van der Waals surface area contributed by atoms with Gasteiger partial charge < -0.3 is 14.1 Å². The highest BCUT2D eigenvalue weighted by Crippen LogP contribution is 2.37. The van der Waals surface area contributed by atoms with Gasteiger partial charge >= 0.3 is 6.09 Å². The van der Waals surface area contributed by atoms with E-state index in [0.717, 1.165) is 49.1 Å². The maximum absolute atomic E-state index is 14.8. The number of anilines is 2. The number of hydrogen-bond donors (Lipinski definition) is 0. The molecule has 1 unspecified atom stereocenters. The number of rotatable bonds is 9. The van der Waals surface area contributed by atoms with Gasteiger partial charge in [0.2, 0.25) is 5.91 Å². The van der Waals surface area contributed by atoms with Crippen LogP contribution in [0.3, 0.4) is 0 Å². The highest BCUT2D eigenvalue weighted by molar-refractivity contribution is 6.30. The number of fused-ring (bicyclic) bond motifs is 3. The van der Waals surface area contributed by atoms with Crippen LogP contribution in [-0.2, 0) is 16.1 Å². The number of para-hydroxylation sites is 1. The molecule has 0 radical (unpaired) electrons. The van der Waals surface area contributed by atoms with Crippen molar-refractivity contribution in [3.05, 3.63) is 95.0 Å². The van der Waals surface area contributed by atoms with Gasteiger partial charge in [0.25, 0.3) is 0 Å². The number of halogens is 3. The predicted octanol–water partition coefficient (Wildman–Crippen LogP) is 6.81. The molecule has 3 aliphatic heterocycles. The van der Waals surface area contributed by atoms with E-state index in [1.54, 1.807) is 54.3 Å². The Hall–Kier alpha value is -3.49. The molecule has 2 bridgehead atoms. The lowest BCUT2D eigenvalue weighted by atomic mass is 9.83. The van der Waals surface area contributed by atoms with Gasteiger partial charge in [-0.15, -0.1) is 0 Å². The van der Waals surface area contributed by atoms with E-state index in [0.29, 0.717) is 23.7 Å². The van der Waals surface area contributed by atoms with Crippen molar-refractivity contribution >= 4 is 35.0 Å². The van der Waals surface area contributed by atoms with Crippen LogP contribution < -0.4 is 9.80 Å². The van der Waals surface area contributed by atoms with Crippen LogP contribution in [0.1, 0.15) is 31.7 Å².